The molecule has 33 heavy (non-hydrogen) atoms. The highest BCUT2D eigenvalue weighted by molar-refractivity contribution is 7.25. The molecular formula is C28H23ClN2OS. The van der Waals surface area contributed by atoms with Gasteiger partial charge in [-0.3, -0.25) is 4.79 Å². The number of nitrogens with zero attached hydrogens (tertiary/aromatic N) is 2. The minimum atomic E-state index is 0.0641. The summed E-state index contributed by atoms with van der Waals surface area (Å²) in [5, 5.41) is 3.07. The van der Waals surface area contributed by atoms with E-state index in [1.165, 1.54) is 5.56 Å². The molecule has 0 unspecified atom stereocenters. The number of anilines is 1. The number of pyridine rings is 1. The molecule has 0 aliphatic carbocycles. The van der Waals surface area contributed by atoms with Gasteiger partial charge in [0.1, 0.15) is 5.82 Å². The van der Waals surface area contributed by atoms with Crippen molar-refractivity contribution in [2.24, 2.45) is 5.92 Å². The van der Waals surface area contributed by atoms with Crippen molar-refractivity contribution in [3.8, 4) is 0 Å². The molecule has 2 aromatic heterocycles. The first-order chi connectivity index (χ1) is 16.2. The Hall–Kier alpha value is -2.95. The average molecular weight is 471 g/mol. The summed E-state index contributed by atoms with van der Waals surface area (Å²) in [6, 6.07) is 24.3. The summed E-state index contributed by atoms with van der Waals surface area (Å²) < 4.78 is 1.88. The molecule has 164 valence electrons. The highest BCUT2D eigenvalue weighted by atomic mass is 35.5. The van der Waals surface area contributed by atoms with Crippen LogP contribution in [0.5, 0.6) is 0 Å². The summed E-state index contributed by atoms with van der Waals surface area (Å²) in [5.74, 6) is 1.61. The smallest absolute Gasteiger partial charge is 0.196 e. The van der Waals surface area contributed by atoms with Crippen LogP contribution in [-0.2, 0) is 6.42 Å². The number of aromatic nitrogens is 1. The Labute approximate surface area is 201 Å². The van der Waals surface area contributed by atoms with Gasteiger partial charge in [-0.2, -0.15) is 0 Å². The van der Waals surface area contributed by atoms with Crippen molar-refractivity contribution >= 4 is 59.8 Å². The van der Waals surface area contributed by atoms with Gasteiger partial charge >= 0.3 is 0 Å². The number of piperidine rings is 1. The molecule has 0 radical (unpaired) electrons. The van der Waals surface area contributed by atoms with E-state index in [1.807, 2.05) is 36.4 Å². The van der Waals surface area contributed by atoms with Crippen LogP contribution in [0.3, 0.4) is 0 Å². The number of hydrogen-bond acceptors (Lipinski definition) is 4. The van der Waals surface area contributed by atoms with Crippen molar-refractivity contribution < 1.29 is 0 Å². The van der Waals surface area contributed by atoms with E-state index in [-0.39, 0.29) is 5.43 Å². The second-order valence-corrected chi connectivity index (χ2v) is 10.3. The Bertz CT molecular complexity index is 1540. The lowest BCUT2D eigenvalue weighted by Gasteiger charge is -2.33. The van der Waals surface area contributed by atoms with E-state index in [1.54, 1.807) is 17.4 Å². The predicted molar refractivity (Wildman–Crippen MR) is 141 cm³/mol. The molecule has 0 N–H and O–H groups in total. The maximum atomic E-state index is 13.6. The standard InChI is InChI=1S/C28H23ClN2OS/c29-20-10-11-22-24(17-20)33-27-25(26(22)32)21-8-4-5-9-23(21)30-28(27)31-14-12-19(13-15-31)16-18-6-2-1-3-7-18/h1-11,17,19H,12-16H2. The normalized spacial score (nSPS) is 15.0. The Morgan fingerprint density at radius 3 is 2.52 bits per heavy atom. The lowest BCUT2D eigenvalue weighted by atomic mass is 9.90. The highest BCUT2D eigenvalue weighted by Gasteiger charge is 2.24. The number of fused-ring (bicyclic) bond motifs is 4. The maximum Gasteiger partial charge on any atom is 0.196 e. The van der Waals surface area contributed by atoms with Gasteiger partial charge in [0.2, 0.25) is 0 Å². The molecule has 0 atom stereocenters. The molecule has 6 rings (SSSR count). The molecule has 0 saturated carbocycles. The van der Waals surface area contributed by atoms with Gasteiger partial charge in [0, 0.05) is 33.6 Å². The minimum Gasteiger partial charge on any atom is -0.355 e. The zero-order valence-corrected chi connectivity index (χ0v) is 19.7. The molecule has 0 amide bonds. The summed E-state index contributed by atoms with van der Waals surface area (Å²) in [4.78, 5) is 21.1. The van der Waals surface area contributed by atoms with Crippen molar-refractivity contribution in [2.45, 2.75) is 19.3 Å². The number of para-hydroxylation sites is 1. The van der Waals surface area contributed by atoms with Crippen molar-refractivity contribution in [3.63, 3.8) is 0 Å². The predicted octanol–water partition coefficient (Wildman–Crippen LogP) is 7.08. The summed E-state index contributed by atoms with van der Waals surface area (Å²) in [7, 11) is 0. The number of halogens is 1. The third-order valence-corrected chi connectivity index (χ3v) is 8.12. The van der Waals surface area contributed by atoms with Crippen LogP contribution in [0.4, 0.5) is 5.82 Å². The third kappa shape index (κ3) is 3.77. The van der Waals surface area contributed by atoms with E-state index >= 15 is 0 Å². The lowest BCUT2D eigenvalue weighted by Crippen LogP contribution is -2.35. The van der Waals surface area contributed by atoms with Gasteiger partial charge in [-0.15, -0.1) is 11.3 Å². The first-order valence-corrected chi connectivity index (χ1v) is 12.6. The van der Waals surface area contributed by atoms with Gasteiger partial charge in [-0.05, 0) is 55.0 Å². The van der Waals surface area contributed by atoms with Crippen LogP contribution in [0.2, 0.25) is 5.02 Å². The third-order valence-electron chi connectivity index (χ3n) is 6.74. The molecule has 1 fully saturated rings. The zero-order valence-electron chi connectivity index (χ0n) is 18.1. The second-order valence-electron chi connectivity index (χ2n) is 8.85. The van der Waals surface area contributed by atoms with E-state index < -0.39 is 0 Å². The van der Waals surface area contributed by atoms with Gasteiger partial charge in [0.25, 0.3) is 0 Å². The number of benzene rings is 3. The Balaban J connectivity index is 1.44. The van der Waals surface area contributed by atoms with E-state index in [0.717, 1.165) is 69.2 Å². The van der Waals surface area contributed by atoms with Gasteiger partial charge in [0.05, 0.1) is 15.6 Å². The average Bonchev–Trinajstić information content (AvgIpc) is 2.84. The Morgan fingerprint density at radius 1 is 0.939 bits per heavy atom. The first-order valence-electron chi connectivity index (χ1n) is 11.4. The van der Waals surface area contributed by atoms with Crippen molar-refractivity contribution in [3.05, 3.63) is 93.6 Å². The molecule has 0 bridgehead atoms. The fourth-order valence-corrected chi connectivity index (χ4v) is 6.51. The quantitative estimate of drug-likeness (QED) is 0.209. The van der Waals surface area contributed by atoms with Crippen LogP contribution < -0.4 is 10.3 Å². The minimum absolute atomic E-state index is 0.0641. The molecular weight excluding hydrogens is 448 g/mol. The fourth-order valence-electron chi connectivity index (χ4n) is 5.03. The van der Waals surface area contributed by atoms with E-state index in [4.69, 9.17) is 16.6 Å². The summed E-state index contributed by atoms with van der Waals surface area (Å²) >= 11 is 7.90. The molecule has 5 aromatic rings. The number of rotatable bonds is 3. The van der Waals surface area contributed by atoms with Crippen molar-refractivity contribution in [1.29, 1.82) is 0 Å². The van der Waals surface area contributed by atoms with Gasteiger partial charge < -0.3 is 4.90 Å². The highest BCUT2D eigenvalue weighted by Crippen LogP contribution is 2.37. The SMILES string of the molecule is O=c1c2ccc(Cl)cc2sc2c(N3CCC(Cc4ccccc4)CC3)nc3ccccc3c12. The van der Waals surface area contributed by atoms with E-state index in [2.05, 4.69) is 35.2 Å². The maximum absolute atomic E-state index is 13.6. The fraction of sp³-hybridized carbons (Fsp3) is 0.214. The molecule has 3 aromatic carbocycles. The molecule has 3 nitrogen and oxygen atoms in total. The summed E-state index contributed by atoms with van der Waals surface area (Å²) in [5.41, 5.74) is 2.35. The summed E-state index contributed by atoms with van der Waals surface area (Å²) in [6.07, 6.45) is 3.37. The van der Waals surface area contributed by atoms with Gasteiger partial charge in [0.15, 0.2) is 5.43 Å². The molecule has 1 aliphatic heterocycles. The topological polar surface area (TPSA) is 33.2 Å². The molecule has 3 heterocycles. The van der Waals surface area contributed by atoms with Crippen LogP contribution >= 0.6 is 22.9 Å². The zero-order chi connectivity index (χ0) is 22.4. The summed E-state index contributed by atoms with van der Waals surface area (Å²) in [6.45, 7) is 1.90. The van der Waals surface area contributed by atoms with Gasteiger partial charge in [-0.25, -0.2) is 4.98 Å². The largest absolute Gasteiger partial charge is 0.355 e. The van der Waals surface area contributed by atoms with Crippen LogP contribution in [0, 0.1) is 5.92 Å². The molecule has 0 spiro atoms. The molecule has 1 aliphatic rings. The van der Waals surface area contributed by atoms with Crippen LogP contribution in [0.15, 0.2) is 77.6 Å². The van der Waals surface area contributed by atoms with E-state index in [9.17, 15) is 4.79 Å². The Morgan fingerprint density at radius 2 is 1.70 bits per heavy atom. The van der Waals surface area contributed by atoms with Crippen LogP contribution in [0.25, 0.3) is 31.1 Å². The monoisotopic (exact) mass is 470 g/mol. The lowest BCUT2D eigenvalue weighted by molar-refractivity contribution is 0.403. The van der Waals surface area contributed by atoms with Crippen molar-refractivity contribution in [1.82, 2.24) is 4.98 Å². The number of hydrogen-bond donors (Lipinski definition) is 0. The van der Waals surface area contributed by atoms with Crippen LogP contribution in [-0.4, -0.2) is 18.1 Å². The van der Waals surface area contributed by atoms with E-state index in [0.29, 0.717) is 10.9 Å². The van der Waals surface area contributed by atoms with Gasteiger partial charge in [-0.1, -0.05) is 60.1 Å². The molecule has 1 saturated heterocycles. The van der Waals surface area contributed by atoms with Crippen LogP contribution in [0.1, 0.15) is 18.4 Å². The second kappa shape index (κ2) is 8.44. The molecule has 5 heteroatoms. The Kier molecular flexibility index (Phi) is 5.28. The van der Waals surface area contributed by atoms with Crippen molar-refractivity contribution in [2.75, 3.05) is 18.0 Å². The first kappa shape index (κ1) is 20.6.